The number of fused-ring (bicyclic) bond motifs is 3. The number of aliphatic carboxylic acids is 1. The summed E-state index contributed by atoms with van der Waals surface area (Å²) in [6, 6.07) is 4.20. The summed E-state index contributed by atoms with van der Waals surface area (Å²) in [6.07, 6.45) is 12.7. The van der Waals surface area contributed by atoms with Crippen LogP contribution in [0.1, 0.15) is 64.4 Å². The molecule has 0 bridgehead atoms. The number of rotatable bonds is 5. The van der Waals surface area contributed by atoms with Gasteiger partial charge in [-0.05, 0) is 90.2 Å². The van der Waals surface area contributed by atoms with Crippen LogP contribution in [0.25, 0.3) is 5.57 Å². The number of hydrogen-bond acceptors (Lipinski definition) is 3. The van der Waals surface area contributed by atoms with E-state index in [1.807, 2.05) is 18.5 Å². The van der Waals surface area contributed by atoms with Crippen LogP contribution in [0.15, 0.2) is 30.6 Å². The fraction of sp³-hybridized carbons (Fsp3) is 0.667. The summed E-state index contributed by atoms with van der Waals surface area (Å²) < 4.78 is 0. The lowest BCUT2D eigenvalue weighted by Crippen LogP contribution is -2.52. The second-order valence-electron chi connectivity index (χ2n) is 9.78. The van der Waals surface area contributed by atoms with Gasteiger partial charge in [-0.1, -0.05) is 26.0 Å². The summed E-state index contributed by atoms with van der Waals surface area (Å²) in [6.45, 7) is 4.88. The van der Waals surface area contributed by atoms with Gasteiger partial charge in [0.15, 0.2) is 0 Å². The predicted molar refractivity (Wildman–Crippen MR) is 109 cm³/mol. The second kappa shape index (κ2) is 7.29. The first kappa shape index (κ1) is 19.6. The molecule has 0 amide bonds. The summed E-state index contributed by atoms with van der Waals surface area (Å²) in [5.41, 5.74) is 2.82. The number of carbonyl (C=O) groups is 1. The van der Waals surface area contributed by atoms with Crippen molar-refractivity contribution in [3.05, 3.63) is 36.2 Å². The Kier molecular flexibility index (Phi) is 5.11. The van der Waals surface area contributed by atoms with E-state index >= 15 is 0 Å². The number of allylic oxidation sites excluding steroid dienone is 2. The molecule has 0 saturated heterocycles. The Morgan fingerprint density at radius 3 is 2.75 bits per heavy atom. The number of hydrogen-bond donors (Lipinski definition) is 2. The Balaban J connectivity index is 1.62. The number of carboxylic acids is 1. The van der Waals surface area contributed by atoms with Crippen LogP contribution in [-0.4, -0.2) is 27.8 Å². The number of carboxylic acid groups (broad SMARTS) is 1. The molecule has 2 fully saturated rings. The first-order valence-corrected chi connectivity index (χ1v) is 10.8. The van der Waals surface area contributed by atoms with Gasteiger partial charge in [0.2, 0.25) is 0 Å². The smallest absolute Gasteiger partial charge is 0.303 e. The molecule has 28 heavy (non-hydrogen) atoms. The topological polar surface area (TPSA) is 70.4 Å². The van der Waals surface area contributed by atoms with Gasteiger partial charge >= 0.3 is 5.97 Å². The molecule has 3 aliphatic rings. The molecular weight excluding hydrogens is 350 g/mol. The molecule has 4 rings (SSSR count). The summed E-state index contributed by atoms with van der Waals surface area (Å²) >= 11 is 0. The monoisotopic (exact) mass is 383 g/mol. The minimum absolute atomic E-state index is 0.0750. The van der Waals surface area contributed by atoms with Gasteiger partial charge in [-0.15, -0.1) is 0 Å². The highest BCUT2D eigenvalue weighted by molar-refractivity contribution is 5.72. The van der Waals surface area contributed by atoms with Gasteiger partial charge in [0, 0.05) is 25.4 Å². The molecule has 1 heterocycles. The van der Waals surface area contributed by atoms with Gasteiger partial charge in [0.25, 0.3) is 0 Å². The number of aromatic nitrogens is 1. The van der Waals surface area contributed by atoms with E-state index in [0.717, 1.165) is 32.1 Å². The average Bonchev–Trinajstić information content (AvgIpc) is 3.05. The molecule has 6 atom stereocenters. The lowest BCUT2D eigenvalue weighted by Gasteiger charge is -2.58. The predicted octanol–water partition coefficient (Wildman–Crippen LogP) is 4.79. The lowest BCUT2D eigenvalue weighted by atomic mass is 9.46. The highest BCUT2D eigenvalue weighted by Gasteiger charge is 2.57. The second-order valence-corrected chi connectivity index (χ2v) is 9.78. The zero-order valence-corrected chi connectivity index (χ0v) is 17.1. The molecule has 4 heteroatoms. The van der Waals surface area contributed by atoms with Crippen LogP contribution in [-0.2, 0) is 4.79 Å². The van der Waals surface area contributed by atoms with Crippen LogP contribution < -0.4 is 0 Å². The zero-order chi connectivity index (χ0) is 19.9. The van der Waals surface area contributed by atoms with Gasteiger partial charge < -0.3 is 10.2 Å². The lowest BCUT2D eigenvalue weighted by molar-refractivity contribution is -0.140. The summed E-state index contributed by atoms with van der Waals surface area (Å²) in [5.74, 6) is 1.25. The van der Waals surface area contributed by atoms with Gasteiger partial charge in [-0.2, -0.15) is 0 Å². The van der Waals surface area contributed by atoms with Crippen LogP contribution in [0.2, 0.25) is 0 Å². The minimum atomic E-state index is -0.720. The van der Waals surface area contributed by atoms with E-state index in [-0.39, 0.29) is 29.8 Å². The molecule has 1 aromatic rings. The number of aliphatic hydroxyl groups is 1. The van der Waals surface area contributed by atoms with Crippen molar-refractivity contribution < 1.29 is 15.0 Å². The van der Waals surface area contributed by atoms with Gasteiger partial charge in [-0.3, -0.25) is 9.78 Å². The van der Waals surface area contributed by atoms with E-state index < -0.39 is 5.97 Å². The van der Waals surface area contributed by atoms with Crippen LogP contribution in [0.3, 0.4) is 0 Å². The molecule has 1 aromatic heterocycles. The first-order chi connectivity index (χ1) is 13.4. The normalized spacial score (nSPS) is 39.8. The van der Waals surface area contributed by atoms with Gasteiger partial charge in [0.1, 0.15) is 0 Å². The maximum atomic E-state index is 11.3. The molecule has 0 radical (unpaired) electrons. The molecule has 4 nitrogen and oxygen atoms in total. The molecule has 0 aromatic carbocycles. The van der Waals surface area contributed by atoms with Crippen molar-refractivity contribution in [2.45, 2.75) is 58.8 Å². The SMILES string of the molecule is CC12CCC3C(CCC(CO)C3(C)CCC(=O)O)C1CC=C2c1cccnc1. The molecule has 6 unspecified atom stereocenters. The van der Waals surface area contributed by atoms with Crippen LogP contribution in [0.5, 0.6) is 0 Å². The number of pyridine rings is 1. The van der Waals surface area contributed by atoms with Crippen molar-refractivity contribution in [3.63, 3.8) is 0 Å². The van der Waals surface area contributed by atoms with Gasteiger partial charge in [-0.25, -0.2) is 0 Å². The summed E-state index contributed by atoms with van der Waals surface area (Å²) in [4.78, 5) is 15.6. The largest absolute Gasteiger partial charge is 0.481 e. The first-order valence-electron chi connectivity index (χ1n) is 10.8. The van der Waals surface area contributed by atoms with Crippen molar-refractivity contribution >= 4 is 11.5 Å². The highest BCUT2D eigenvalue weighted by atomic mass is 16.4. The zero-order valence-electron chi connectivity index (χ0n) is 17.1. The van der Waals surface area contributed by atoms with E-state index in [0.29, 0.717) is 24.2 Å². The maximum Gasteiger partial charge on any atom is 0.303 e. The Morgan fingerprint density at radius 2 is 2.07 bits per heavy atom. The standard InChI is InChI=1S/C24H33NO3/c1-23(12-10-22(27)28)17(15-26)5-6-18-20-8-7-19(16-4-3-13-25-14-16)24(20,2)11-9-21(18)23/h3-4,7,13-14,17-18,20-21,26H,5-6,8-12,15H2,1-2H3,(H,27,28). The Labute approximate surface area is 168 Å². The Hall–Kier alpha value is -1.68. The van der Waals surface area contributed by atoms with Crippen molar-refractivity contribution in [2.75, 3.05) is 6.61 Å². The molecule has 3 aliphatic carbocycles. The fourth-order valence-electron chi connectivity index (χ4n) is 7.14. The van der Waals surface area contributed by atoms with E-state index in [2.05, 4.69) is 31.0 Å². The van der Waals surface area contributed by atoms with Crippen LogP contribution in [0.4, 0.5) is 0 Å². The molecule has 0 spiro atoms. The average molecular weight is 384 g/mol. The van der Waals surface area contributed by atoms with E-state index in [9.17, 15) is 15.0 Å². The Bertz CT molecular complexity index is 760. The highest BCUT2D eigenvalue weighted by Crippen LogP contribution is 2.66. The quantitative estimate of drug-likeness (QED) is 0.767. The number of nitrogens with zero attached hydrogens (tertiary/aromatic N) is 1. The van der Waals surface area contributed by atoms with Crippen molar-refractivity contribution in [1.29, 1.82) is 0 Å². The maximum absolute atomic E-state index is 11.3. The van der Waals surface area contributed by atoms with Crippen molar-refractivity contribution in [2.24, 2.45) is 34.5 Å². The molecular formula is C24H33NO3. The molecule has 2 N–H and O–H groups in total. The third kappa shape index (κ3) is 3.01. The van der Waals surface area contributed by atoms with E-state index in [1.165, 1.54) is 11.1 Å². The van der Waals surface area contributed by atoms with E-state index in [4.69, 9.17) is 0 Å². The fourth-order valence-corrected chi connectivity index (χ4v) is 7.14. The third-order valence-corrected chi connectivity index (χ3v) is 8.72. The molecule has 0 aliphatic heterocycles. The van der Waals surface area contributed by atoms with E-state index in [1.54, 1.807) is 0 Å². The van der Waals surface area contributed by atoms with Gasteiger partial charge in [0.05, 0.1) is 0 Å². The summed E-state index contributed by atoms with van der Waals surface area (Å²) in [5, 5.41) is 19.3. The van der Waals surface area contributed by atoms with Crippen LogP contribution in [0, 0.1) is 34.5 Å². The Morgan fingerprint density at radius 1 is 1.25 bits per heavy atom. The van der Waals surface area contributed by atoms with Crippen molar-refractivity contribution in [1.82, 2.24) is 4.98 Å². The van der Waals surface area contributed by atoms with Crippen molar-refractivity contribution in [3.8, 4) is 0 Å². The minimum Gasteiger partial charge on any atom is -0.481 e. The summed E-state index contributed by atoms with van der Waals surface area (Å²) in [7, 11) is 0. The number of aliphatic hydroxyl groups excluding tert-OH is 1. The third-order valence-electron chi connectivity index (χ3n) is 8.72. The van der Waals surface area contributed by atoms with Crippen LogP contribution >= 0.6 is 0 Å². The molecule has 2 saturated carbocycles. The molecule has 152 valence electrons.